The molecule has 0 aliphatic heterocycles. The topological polar surface area (TPSA) is 64.8 Å². The Labute approximate surface area is 156 Å². The molecule has 3 aromatic rings. The van der Waals surface area contributed by atoms with Gasteiger partial charge in [-0.25, -0.2) is 18.4 Å². The van der Waals surface area contributed by atoms with Gasteiger partial charge in [0, 0.05) is 22.9 Å². The molecule has 130 valence electrons. The van der Waals surface area contributed by atoms with Gasteiger partial charge in [-0.3, -0.25) is 4.57 Å². The standard InChI is InChI=1S/C17H16ClN3O2S2/c1-3-24-13-6-4-12(5-7-13)16-17(18)20-11-21(16)15-9-8-14(10-19-15)25(2,22)23/h4-11H,3H2,1-2H3. The Balaban J connectivity index is 2.02. The summed E-state index contributed by atoms with van der Waals surface area (Å²) in [5.74, 6) is 1.56. The van der Waals surface area contributed by atoms with Gasteiger partial charge in [0.15, 0.2) is 15.0 Å². The lowest BCUT2D eigenvalue weighted by Gasteiger charge is -2.09. The average molecular weight is 394 g/mol. The largest absolute Gasteiger partial charge is 0.281 e. The highest BCUT2D eigenvalue weighted by atomic mass is 35.5. The highest BCUT2D eigenvalue weighted by molar-refractivity contribution is 7.99. The first kappa shape index (κ1) is 18.0. The number of halogens is 1. The Morgan fingerprint density at radius 2 is 1.84 bits per heavy atom. The molecule has 0 saturated heterocycles. The van der Waals surface area contributed by atoms with E-state index in [2.05, 4.69) is 16.9 Å². The SMILES string of the molecule is CCSc1ccc(-c2c(Cl)ncn2-c2ccc(S(C)(=O)=O)cn2)cc1. The van der Waals surface area contributed by atoms with Crippen molar-refractivity contribution in [3.63, 3.8) is 0 Å². The lowest BCUT2D eigenvalue weighted by molar-refractivity contribution is 0.601. The van der Waals surface area contributed by atoms with Crippen molar-refractivity contribution in [2.24, 2.45) is 0 Å². The zero-order chi connectivity index (χ0) is 18.0. The van der Waals surface area contributed by atoms with Crippen LogP contribution in [-0.4, -0.2) is 35.0 Å². The Bertz CT molecular complexity index is 982. The number of hydrogen-bond donors (Lipinski definition) is 0. The van der Waals surface area contributed by atoms with Gasteiger partial charge < -0.3 is 0 Å². The predicted molar refractivity (Wildman–Crippen MR) is 101 cm³/mol. The van der Waals surface area contributed by atoms with E-state index < -0.39 is 9.84 Å². The molecule has 0 saturated carbocycles. The van der Waals surface area contributed by atoms with Gasteiger partial charge in [-0.2, -0.15) is 0 Å². The third kappa shape index (κ3) is 3.89. The predicted octanol–water partition coefficient (Wildman–Crippen LogP) is 4.10. The van der Waals surface area contributed by atoms with Crippen molar-refractivity contribution in [3.05, 3.63) is 54.1 Å². The van der Waals surface area contributed by atoms with Crippen LogP contribution in [0.5, 0.6) is 0 Å². The fourth-order valence-electron chi connectivity index (χ4n) is 2.37. The third-order valence-electron chi connectivity index (χ3n) is 3.56. The number of sulfone groups is 1. The van der Waals surface area contributed by atoms with Gasteiger partial charge in [0.1, 0.15) is 12.1 Å². The van der Waals surface area contributed by atoms with E-state index in [1.54, 1.807) is 28.7 Å². The third-order valence-corrected chi connectivity index (χ3v) is 5.83. The van der Waals surface area contributed by atoms with Crippen LogP contribution in [0.15, 0.2) is 58.7 Å². The average Bonchev–Trinajstić information content (AvgIpc) is 2.97. The summed E-state index contributed by atoms with van der Waals surface area (Å²) in [6.07, 6.45) is 4.07. The van der Waals surface area contributed by atoms with Crippen molar-refractivity contribution in [2.75, 3.05) is 12.0 Å². The van der Waals surface area contributed by atoms with Crippen LogP contribution in [0.1, 0.15) is 6.92 Å². The Hall–Kier alpha value is -1.83. The number of benzene rings is 1. The first-order chi connectivity index (χ1) is 11.9. The van der Waals surface area contributed by atoms with Gasteiger partial charge in [0.05, 0.1) is 10.6 Å². The van der Waals surface area contributed by atoms with E-state index in [4.69, 9.17) is 11.6 Å². The minimum atomic E-state index is -3.28. The molecule has 25 heavy (non-hydrogen) atoms. The second kappa shape index (κ2) is 7.19. The van der Waals surface area contributed by atoms with Crippen LogP contribution in [0.4, 0.5) is 0 Å². The van der Waals surface area contributed by atoms with Crippen LogP contribution in [0, 0.1) is 0 Å². The Morgan fingerprint density at radius 1 is 1.12 bits per heavy atom. The molecule has 0 amide bonds. The molecule has 0 unspecified atom stereocenters. The minimum absolute atomic E-state index is 0.171. The van der Waals surface area contributed by atoms with Crippen molar-refractivity contribution in [1.29, 1.82) is 0 Å². The van der Waals surface area contributed by atoms with E-state index in [-0.39, 0.29) is 4.90 Å². The molecule has 2 aromatic heterocycles. The van der Waals surface area contributed by atoms with Gasteiger partial charge in [-0.1, -0.05) is 30.7 Å². The van der Waals surface area contributed by atoms with Crippen LogP contribution >= 0.6 is 23.4 Å². The van der Waals surface area contributed by atoms with E-state index in [9.17, 15) is 8.42 Å². The number of hydrogen-bond acceptors (Lipinski definition) is 5. The van der Waals surface area contributed by atoms with E-state index in [1.165, 1.54) is 17.2 Å². The van der Waals surface area contributed by atoms with Crippen LogP contribution in [-0.2, 0) is 9.84 Å². The summed E-state index contributed by atoms with van der Waals surface area (Å²) in [5.41, 5.74) is 1.63. The first-order valence-corrected chi connectivity index (χ1v) is 10.8. The normalized spacial score (nSPS) is 11.6. The molecule has 3 rings (SSSR count). The van der Waals surface area contributed by atoms with E-state index in [0.717, 1.165) is 17.6 Å². The second-order valence-corrected chi connectivity index (χ2v) is 9.05. The lowest BCUT2D eigenvalue weighted by atomic mass is 10.1. The van der Waals surface area contributed by atoms with Crippen molar-refractivity contribution >= 4 is 33.2 Å². The Kier molecular flexibility index (Phi) is 5.17. The summed E-state index contributed by atoms with van der Waals surface area (Å²) in [6, 6.07) is 11.2. The molecule has 8 heteroatoms. The number of imidazole rings is 1. The van der Waals surface area contributed by atoms with Crippen LogP contribution < -0.4 is 0 Å². The minimum Gasteiger partial charge on any atom is -0.281 e. The molecule has 0 aliphatic rings. The van der Waals surface area contributed by atoms with E-state index >= 15 is 0 Å². The fraction of sp³-hybridized carbons (Fsp3) is 0.176. The van der Waals surface area contributed by atoms with Gasteiger partial charge in [0.2, 0.25) is 0 Å². The molecule has 0 spiro atoms. The maximum absolute atomic E-state index is 11.6. The summed E-state index contributed by atoms with van der Waals surface area (Å²) in [7, 11) is -3.28. The number of rotatable bonds is 5. The molecule has 0 fully saturated rings. The highest BCUT2D eigenvalue weighted by Gasteiger charge is 2.15. The fourth-order valence-corrected chi connectivity index (χ4v) is 3.83. The molecule has 5 nitrogen and oxygen atoms in total. The van der Waals surface area contributed by atoms with E-state index in [1.807, 2.05) is 24.3 Å². The van der Waals surface area contributed by atoms with E-state index in [0.29, 0.717) is 16.7 Å². The van der Waals surface area contributed by atoms with Crippen molar-refractivity contribution < 1.29 is 8.42 Å². The van der Waals surface area contributed by atoms with Gasteiger partial charge in [-0.15, -0.1) is 11.8 Å². The molecule has 0 atom stereocenters. The molecule has 0 aliphatic carbocycles. The zero-order valence-electron chi connectivity index (χ0n) is 13.7. The van der Waals surface area contributed by atoms with Crippen LogP contribution in [0.2, 0.25) is 5.15 Å². The number of thioether (sulfide) groups is 1. The monoisotopic (exact) mass is 393 g/mol. The van der Waals surface area contributed by atoms with Crippen molar-refractivity contribution in [3.8, 4) is 17.1 Å². The smallest absolute Gasteiger partial charge is 0.177 e. The van der Waals surface area contributed by atoms with Crippen molar-refractivity contribution in [1.82, 2.24) is 14.5 Å². The highest BCUT2D eigenvalue weighted by Crippen LogP contribution is 2.31. The van der Waals surface area contributed by atoms with Crippen molar-refractivity contribution in [2.45, 2.75) is 16.7 Å². The zero-order valence-corrected chi connectivity index (χ0v) is 16.1. The molecule has 0 radical (unpaired) electrons. The van der Waals surface area contributed by atoms with Crippen LogP contribution in [0.3, 0.4) is 0 Å². The molecular formula is C17H16ClN3O2S2. The first-order valence-electron chi connectivity index (χ1n) is 7.52. The summed E-state index contributed by atoms with van der Waals surface area (Å²) in [5, 5.41) is 0.366. The quantitative estimate of drug-likeness (QED) is 0.610. The number of nitrogens with zero attached hydrogens (tertiary/aromatic N) is 3. The molecule has 0 bridgehead atoms. The molecule has 1 aromatic carbocycles. The molecule has 2 heterocycles. The Morgan fingerprint density at radius 3 is 2.40 bits per heavy atom. The summed E-state index contributed by atoms with van der Waals surface area (Å²) in [6.45, 7) is 2.11. The maximum Gasteiger partial charge on any atom is 0.177 e. The number of aromatic nitrogens is 3. The maximum atomic E-state index is 11.6. The summed E-state index contributed by atoms with van der Waals surface area (Å²) >= 11 is 8.04. The molecule has 0 N–H and O–H groups in total. The summed E-state index contributed by atoms with van der Waals surface area (Å²) in [4.78, 5) is 9.76. The number of pyridine rings is 1. The van der Waals surface area contributed by atoms with Gasteiger partial charge in [0.25, 0.3) is 0 Å². The molecular weight excluding hydrogens is 378 g/mol. The second-order valence-electron chi connectivity index (χ2n) is 5.34. The summed E-state index contributed by atoms with van der Waals surface area (Å²) < 4.78 is 24.9. The van der Waals surface area contributed by atoms with Crippen LogP contribution in [0.25, 0.3) is 17.1 Å². The van der Waals surface area contributed by atoms with Gasteiger partial charge >= 0.3 is 0 Å². The van der Waals surface area contributed by atoms with Gasteiger partial charge in [-0.05, 0) is 30.0 Å². The lowest BCUT2D eigenvalue weighted by Crippen LogP contribution is -2.02.